The summed E-state index contributed by atoms with van der Waals surface area (Å²) in [7, 11) is 0. The van der Waals surface area contributed by atoms with Crippen LogP contribution in [0.2, 0.25) is 0 Å². The molecule has 1 aromatic carbocycles. The maximum atomic E-state index is 13.7. The summed E-state index contributed by atoms with van der Waals surface area (Å²) in [4.78, 5) is 0. The summed E-state index contributed by atoms with van der Waals surface area (Å²) >= 11 is 0. The first kappa shape index (κ1) is 15.4. The number of rotatable bonds is 4. The highest BCUT2D eigenvalue weighted by atomic mass is 19.1. The van der Waals surface area contributed by atoms with Crippen LogP contribution in [0.5, 0.6) is 0 Å². The fourth-order valence-corrected chi connectivity index (χ4v) is 2.93. The standard InChI is InChI=1S/C16H23F2NO/c1-12(15-13(17)7-6-8-14(15)18)19-11-16(20)9-4-2-3-5-10-16/h6-8,12,19-20H,2-5,9-11H2,1H3. The van der Waals surface area contributed by atoms with Gasteiger partial charge in [0, 0.05) is 18.2 Å². The number of hydrogen-bond donors (Lipinski definition) is 2. The van der Waals surface area contributed by atoms with Gasteiger partial charge in [-0.15, -0.1) is 0 Å². The van der Waals surface area contributed by atoms with Gasteiger partial charge in [0.2, 0.25) is 0 Å². The monoisotopic (exact) mass is 283 g/mol. The predicted molar refractivity (Wildman–Crippen MR) is 75.4 cm³/mol. The van der Waals surface area contributed by atoms with E-state index in [1.165, 1.54) is 18.2 Å². The van der Waals surface area contributed by atoms with E-state index < -0.39 is 23.3 Å². The number of benzene rings is 1. The second-order valence-corrected chi connectivity index (χ2v) is 5.88. The van der Waals surface area contributed by atoms with Gasteiger partial charge in [-0.3, -0.25) is 0 Å². The third-order valence-corrected chi connectivity index (χ3v) is 4.20. The molecule has 1 aliphatic carbocycles. The molecule has 2 nitrogen and oxygen atoms in total. The van der Waals surface area contributed by atoms with Crippen LogP contribution in [-0.4, -0.2) is 17.3 Å². The minimum absolute atomic E-state index is 0.0460. The molecule has 1 fully saturated rings. The lowest BCUT2D eigenvalue weighted by molar-refractivity contribution is 0.0229. The maximum absolute atomic E-state index is 13.7. The molecule has 1 aromatic rings. The van der Waals surface area contributed by atoms with Gasteiger partial charge in [-0.05, 0) is 31.9 Å². The lowest BCUT2D eigenvalue weighted by Gasteiger charge is -2.29. The first-order valence-corrected chi connectivity index (χ1v) is 7.41. The molecule has 112 valence electrons. The van der Waals surface area contributed by atoms with Crippen LogP contribution < -0.4 is 5.32 Å². The van der Waals surface area contributed by atoms with Crippen molar-refractivity contribution in [2.45, 2.75) is 57.1 Å². The van der Waals surface area contributed by atoms with Crippen LogP contribution in [0.15, 0.2) is 18.2 Å². The zero-order valence-corrected chi connectivity index (χ0v) is 12.0. The van der Waals surface area contributed by atoms with E-state index in [4.69, 9.17) is 0 Å². The fraction of sp³-hybridized carbons (Fsp3) is 0.625. The topological polar surface area (TPSA) is 32.3 Å². The van der Waals surface area contributed by atoms with Gasteiger partial charge in [-0.1, -0.05) is 31.7 Å². The normalized spacial score (nSPS) is 20.4. The Morgan fingerprint density at radius 2 is 1.70 bits per heavy atom. The third kappa shape index (κ3) is 3.76. The Morgan fingerprint density at radius 1 is 1.15 bits per heavy atom. The van der Waals surface area contributed by atoms with E-state index in [0.717, 1.165) is 38.5 Å². The molecule has 2 rings (SSSR count). The fourth-order valence-electron chi connectivity index (χ4n) is 2.93. The highest BCUT2D eigenvalue weighted by molar-refractivity contribution is 5.22. The minimum atomic E-state index is -0.744. The van der Waals surface area contributed by atoms with Crippen LogP contribution in [0.25, 0.3) is 0 Å². The van der Waals surface area contributed by atoms with Crippen molar-refractivity contribution in [3.8, 4) is 0 Å². The van der Waals surface area contributed by atoms with Crippen LogP contribution in [0, 0.1) is 11.6 Å². The second kappa shape index (κ2) is 6.64. The van der Waals surface area contributed by atoms with Gasteiger partial charge in [-0.25, -0.2) is 8.78 Å². The Hall–Kier alpha value is -1.00. The molecule has 0 amide bonds. The van der Waals surface area contributed by atoms with Gasteiger partial charge < -0.3 is 10.4 Å². The summed E-state index contributed by atoms with van der Waals surface area (Å²) in [6.45, 7) is 2.10. The zero-order chi connectivity index (χ0) is 14.6. The molecule has 4 heteroatoms. The van der Waals surface area contributed by atoms with E-state index in [9.17, 15) is 13.9 Å². The van der Waals surface area contributed by atoms with E-state index in [1.54, 1.807) is 6.92 Å². The molecular formula is C16H23F2NO. The first-order valence-electron chi connectivity index (χ1n) is 7.41. The van der Waals surface area contributed by atoms with Crippen LogP contribution >= 0.6 is 0 Å². The summed E-state index contributed by atoms with van der Waals surface area (Å²) in [6, 6.07) is 3.43. The Morgan fingerprint density at radius 3 is 2.25 bits per heavy atom. The number of halogens is 2. The molecule has 0 bridgehead atoms. The van der Waals surface area contributed by atoms with E-state index in [0.29, 0.717) is 6.54 Å². The molecule has 0 heterocycles. The van der Waals surface area contributed by atoms with Crippen molar-refractivity contribution in [3.63, 3.8) is 0 Å². The first-order chi connectivity index (χ1) is 9.52. The van der Waals surface area contributed by atoms with Crippen molar-refractivity contribution >= 4 is 0 Å². The van der Waals surface area contributed by atoms with Crippen LogP contribution in [0.3, 0.4) is 0 Å². The van der Waals surface area contributed by atoms with Crippen molar-refractivity contribution in [3.05, 3.63) is 35.4 Å². The van der Waals surface area contributed by atoms with Crippen molar-refractivity contribution in [2.24, 2.45) is 0 Å². The molecule has 0 radical (unpaired) electrons. The molecule has 1 aliphatic rings. The largest absolute Gasteiger partial charge is 0.389 e. The van der Waals surface area contributed by atoms with E-state index in [2.05, 4.69) is 5.32 Å². The van der Waals surface area contributed by atoms with E-state index >= 15 is 0 Å². The van der Waals surface area contributed by atoms with E-state index in [1.807, 2.05) is 0 Å². The lowest BCUT2D eigenvalue weighted by Crippen LogP contribution is -2.41. The van der Waals surface area contributed by atoms with Crippen LogP contribution in [0.4, 0.5) is 8.78 Å². The number of nitrogens with one attached hydrogen (secondary N) is 1. The summed E-state index contributed by atoms with van der Waals surface area (Å²) in [5.41, 5.74) is -0.698. The Bertz CT molecular complexity index is 422. The molecule has 1 atom stereocenters. The third-order valence-electron chi connectivity index (χ3n) is 4.20. The molecule has 0 aliphatic heterocycles. The molecule has 2 N–H and O–H groups in total. The highest BCUT2D eigenvalue weighted by Gasteiger charge is 2.28. The highest BCUT2D eigenvalue weighted by Crippen LogP contribution is 2.28. The molecule has 1 saturated carbocycles. The molecular weight excluding hydrogens is 260 g/mol. The Kier molecular flexibility index (Phi) is 5.11. The van der Waals surface area contributed by atoms with Crippen molar-refractivity contribution in [2.75, 3.05) is 6.54 Å². The van der Waals surface area contributed by atoms with Gasteiger partial charge in [-0.2, -0.15) is 0 Å². The summed E-state index contributed by atoms with van der Waals surface area (Å²) in [5, 5.41) is 13.6. The van der Waals surface area contributed by atoms with Crippen molar-refractivity contribution in [1.82, 2.24) is 5.32 Å². The quantitative estimate of drug-likeness (QED) is 0.826. The Labute approximate surface area is 119 Å². The zero-order valence-electron chi connectivity index (χ0n) is 12.0. The van der Waals surface area contributed by atoms with Gasteiger partial charge >= 0.3 is 0 Å². The van der Waals surface area contributed by atoms with E-state index in [-0.39, 0.29) is 5.56 Å². The molecule has 0 saturated heterocycles. The average molecular weight is 283 g/mol. The van der Waals surface area contributed by atoms with Gasteiger partial charge in [0.25, 0.3) is 0 Å². The number of hydrogen-bond acceptors (Lipinski definition) is 2. The van der Waals surface area contributed by atoms with Gasteiger partial charge in [0.15, 0.2) is 0 Å². The smallest absolute Gasteiger partial charge is 0.130 e. The molecule has 20 heavy (non-hydrogen) atoms. The Balaban J connectivity index is 1.99. The summed E-state index contributed by atoms with van der Waals surface area (Å²) in [5.74, 6) is -1.09. The summed E-state index contributed by atoms with van der Waals surface area (Å²) < 4.78 is 27.4. The maximum Gasteiger partial charge on any atom is 0.130 e. The SMILES string of the molecule is CC(NCC1(O)CCCCCC1)c1c(F)cccc1F. The van der Waals surface area contributed by atoms with Crippen molar-refractivity contribution in [1.29, 1.82) is 0 Å². The van der Waals surface area contributed by atoms with Crippen LogP contribution in [-0.2, 0) is 0 Å². The molecule has 0 aromatic heterocycles. The predicted octanol–water partition coefficient (Wildman–Crippen LogP) is 3.70. The van der Waals surface area contributed by atoms with Crippen LogP contribution in [0.1, 0.15) is 57.1 Å². The van der Waals surface area contributed by atoms with Gasteiger partial charge in [0.1, 0.15) is 11.6 Å². The lowest BCUT2D eigenvalue weighted by atomic mass is 9.94. The number of aliphatic hydroxyl groups is 1. The summed E-state index contributed by atoms with van der Waals surface area (Å²) in [6.07, 6.45) is 5.85. The second-order valence-electron chi connectivity index (χ2n) is 5.88. The van der Waals surface area contributed by atoms with Gasteiger partial charge in [0.05, 0.1) is 5.60 Å². The molecule has 1 unspecified atom stereocenters. The average Bonchev–Trinajstić information content (AvgIpc) is 2.62. The molecule has 0 spiro atoms. The van der Waals surface area contributed by atoms with Crippen molar-refractivity contribution < 1.29 is 13.9 Å². The minimum Gasteiger partial charge on any atom is -0.389 e.